The van der Waals surface area contributed by atoms with E-state index in [9.17, 15) is 13.5 Å². The van der Waals surface area contributed by atoms with Crippen LogP contribution in [-0.4, -0.2) is 25.8 Å². The van der Waals surface area contributed by atoms with Gasteiger partial charge in [0.25, 0.3) is 0 Å². The Bertz CT molecular complexity index is 552. The highest BCUT2D eigenvalue weighted by Crippen LogP contribution is 2.37. The van der Waals surface area contributed by atoms with Gasteiger partial charge in [0, 0.05) is 6.54 Å². The Balaban J connectivity index is 2.33. The maximum Gasteiger partial charge on any atom is 0.235 e. The summed E-state index contributed by atoms with van der Waals surface area (Å²) in [6.45, 7) is 4.49. The monoisotopic (exact) mass is 283 g/mol. The van der Waals surface area contributed by atoms with Gasteiger partial charge < -0.3 is 5.11 Å². The largest absolute Gasteiger partial charge is 0.506 e. The van der Waals surface area contributed by atoms with Crippen LogP contribution in [0.5, 0.6) is 5.75 Å². The molecule has 0 bridgehead atoms. The average molecular weight is 283 g/mol. The van der Waals surface area contributed by atoms with Crippen molar-refractivity contribution in [1.29, 1.82) is 0 Å². The number of nitrogens with zero attached hydrogens (tertiary/aromatic N) is 1. The normalized spacial score (nSPS) is 15.6. The molecule has 106 valence electrons. The van der Waals surface area contributed by atoms with Crippen molar-refractivity contribution in [2.75, 3.05) is 16.6 Å². The average Bonchev–Trinajstić information content (AvgIpc) is 2.36. The highest BCUT2D eigenvalue weighted by Gasteiger charge is 2.29. The summed E-state index contributed by atoms with van der Waals surface area (Å²) in [5.74, 6) is 0.548. The van der Waals surface area contributed by atoms with Crippen LogP contribution in [0.4, 0.5) is 5.69 Å². The summed E-state index contributed by atoms with van der Waals surface area (Å²) >= 11 is 0. The molecule has 2 rings (SSSR count). The van der Waals surface area contributed by atoms with Crippen molar-refractivity contribution in [3.63, 3.8) is 0 Å². The van der Waals surface area contributed by atoms with Crippen molar-refractivity contribution < 1.29 is 13.5 Å². The maximum atomic E-state index is 12.4. The molecule has 0 fully saturated rings. The van der Waals surface area contributed by atoms with Crippen molar-refractivity contribution >= 4 is 15.7 Å². The van der Waals surface area contributed by atoms with Crippen LogP contribution in [0.1, 0.15) is 32.3 Å². The molecule has 1 aromatic rings. The van der Waals surface area contributed by atoms with Gasteiger partial charge in [0.2, 0.25) is 10.0 Å². The van der Waals surface area contributed by atoms with Crippen molar-refractivity contribution in [2.24, 2.45) is 5.92 Å². The summed E-state index contributed by atoms with van der Waals surface area (Å²) in [6.07, 6.45) is 2.26. The number of hydrogen-bond acceptors (Lipinski definition) is 3. The van der Waals surface area contributed by atoms with Crippen molar-refractivity contribution in [3.8, 4) is 5.75 Å². The number of fused-ring (bicyclic) bond motifs is 1. The number of rotatable bonds is 4. The van der Waals surface area contributed by atoms with Crippen LogP contribution in [0.25, 0.3) is 0 Å². The molecule has 0 atom stereocenters. The Hall–Kier alpha value is -1.23. The zero-order valence-corrected chi connectivity index (χ0v) is 12.3. The third-order valence-corrected chi connectivity index (χ3v) is 5.23. The topological polar surface area (TPSA) is 57.6 Å². The van der Waals surface area contributed by atoms with E-state index in [0.29, 0.717) is 24.6 Å². The minimum absolute atomic E-state index is 0.0605. The smallest absolute Gasteiger partial charge is 0.235 e. The summed E-state index contributed by atoms with van der Waals surface area (Å²) in [6, 6.07) is 5.20. The quantitative estimate of drug-likeness (QED) is 0.923. The van der Waals surface area contributed by atoms with E-state index in [4.69, 9.17) is 0 Å². The van der Waals surface area contributed by atoms with Gasteiger partial charge in [-0.1, -0.05) is 26.0 Å². The number of para-hydroxylation sites is 1. The number of aromatic hydroxyl groups is 1. The van der Waals surface area contributed by atoms with E-state index in [2.05, 4.69) is 0 Å². The maximum absolute atomic E-state index is 12.4. The van der Waals surface area contributed by atoms with Crippen LogP contribution in [0.3, 0.4) is 0 Å². The number of benzene rings is 1. The number of hydrogen-bond donors (Lipinski definition) is 1. The summed E-state index contributed by atoms with van der Waals surface area (Å²) < 4.78 is 26.2. The van der Waals surface area contributed by atoms with Gasteiger partial charge in [0.05, 0.1) is 11.4 Å². The summed E-state index contributed by atoms with van der Waals surface area (Å²) in [4.78, 5) is 0. The molecule has 0 unspecified atom stereocenters. The lowest BCUT2D eigenvalue weighted by atomic mass is 10.0. The molecule has 5 heteroatoms. The molecule has 0 saturated heterocycles. The van der Waals surface area contributed by atoms with E-state index in [1.54, 1.807) is 12.1 Å². The molecule has 19 heavy (non-hydrogen) atoms. The molecule has 0 saturated carbocycles. The third kappa shape index (κ3) is 3.03. The van der Waals surface area contributed by atoms with Gasteiger partial charge in [-0.15, -0.1) is 0 Å². The number of sulfonamides is 1. The zero-order chi connectivity index (χ0) is 14.0. The molecule has 1 aliphatic rings. The minimum atomic E-state index is -3.34. The van der Waals surface area contributed by atoms with Crippen molar-refractivity contribution in [2.45, 2.75) is 33.1 Å². The molecule has 1 N–H and O–H groups in total. The molecular formula is C14H21NO3S. The zero-order valence-electron chi connectivity index (χ0n) is 11.5. The van der Waals surface area contributed by atoms with Crippen LogP contribution < -0.4 is 4.31 Å². The Morgan fingerprint density at radius 3 is 2.79 bits per heavy atom. The SMILES string of the molecule is CC(C)CCS(=O)(=O)N1CCCc2cccc(O)c21. The summed E-state index contributed by atoms with van der Waals surface area (Å²) in [5, 5.41) is 9.96. The van der Waals surface area contributed by atoms with E-state index in [1.807, 2.05) is 19.9 Å². The predicted molar refractivity (Wildman–Crippen MR) is 77.0 cm³/mol. The van der Waals surface area contributed by atoms with Crippen LogP contribution in [-0.2, 0) is 16.4 Å². The molecule has 0 radical (unpaired) electrons. The first-order valence-electron chi connectivity index (χ1n) is 6.73. The first kappa shape index (κ1) is 14.2. The lowest BCUT2D eigenvalue weighted by Gasteiger charge is -2.31. The van der Waals surface area contributed by atoms with Gasteiger partial charge in [0.1, 0.15) is 5.75 Å². The van der Waals surface area contributed by atoms with E-state index >= 15 is 0 Å². The van der Waals surface area contributed by atoms with Gasteiger partial charge in [-0.2, -0.15) is 0 Å². The molecular weight excluding hydrogens is 262 g/mol. The number of anilines is 1. The molecule has 0 spiro atoms. The Labute approximate surface area is 115 Å². The fourth-order valence-electron chi connectivity index (χ4n) is 2.37. The second-order valence-corrected chi connectivity index (χ2v) is 7.47. The molecule has 0 aromatic heterocycles. The van der Waals surface area contributed by atoms with E-state index in [-0.39, 0.29) is 11.5 Å². The lowest BCUT2D eigenvalue weighted by Crippen LogP contribution is -2.37. The first-order valence-corrected chi connectivity index (χ1v) is 8.34. The van der Waals surface area contributed by atoms with Crippen LogP contribution in [0.2, 0.25) is 0 Å². The molecule has 1 aromatic carbocycles. The first-order chi connectivity index (χ1) is 8.92. The Morgan fingerprint density at radius 2 is 2.11 bits per heavy atom. The molecule has 1 aliphatic heterocycles. The van der Waals surface area contributed by atoms with Gasteiger partial charge in [-0.25, -0.2) is 8.42 Å². The van der Waals surface area contributed by atoms with Gasteiger partial charge in [0.15, 0.2) is 0 Å². The molecule has 4 nitrogen and oxygen atoms in total. The van der Waals surface area contributed by atoms with Crippen LogP contribution in [0, 0.1) is 5.92 Å². The Morgan fingerprint density at radius 1 is 1.37 bits per heavy atom. The van der Waals surface area contributed by atoms with E-state index < -0.39 is 10.0 Å². The van der Waals surface area contributed by atoms with E-state index in [1.165, 1.54) is 4.31 Å². The van der Waals surface area contributed by atoms with Gasteiger partial charge >= 0.3 is 0 Å². The highest BCUT2D eigenvalue weighted by atomic mass is 32.2. The summed E-state index contributed by atoms with van der Waals surface area (Å²) in [7, 11) is -3.34. The minimum Gasteiger partial charge on any atom is -0.506 e. The standard InChI is InChI=1S/C14H21NO3S/c1-11(2)8-10-19(17,18)15-9-4-6-12-5-3-7-13(16)14(12)15/h3,5,7,11,16H,4,6,8-10H2,1-2H3. The predicted octanol–water partition coefficient (Wildman–Crippen LogP) is 2.52. The van der Waals surface area contributed by atoms with Gasteiger partial charge in [-0.3, -0.25) is 4.31 Å². The fourth-order valence-corrected chi connectivity index (χ4v) is 4.25. The molecule has 0 amide bonds. The number of phenols is 1. The van der Waals surface area contributed by atoms with Crippen LogP contribution in [0.15, 0.2) is 18.2 Å². The molecule has 0 aliphatic carbocycles. The second-order valence-electron chi connectivity index (χ2n) is 5.46. The fraction of sp³-hybridized carbons (Fsp3) is 0.571. The molecule has 1 heterocycles. The van der Waals surface area contributed by atoms with Gasteiger partial charge in [-0.05, 0) is 36.8 Å². The second kappa shape index (κ2) is 5.41. The van der Waals surface area contributed by atoms with Crippen LogP contribution >= 0.6 is 0 Å². The Kier molecular flexibility index (Phi) is 4.04. The summed E-state index contributed by atoms with van der Waals surface area (Å²) in [5.41, 5.74) is 1.40. The van der Waals surface area contributed by atoms with E-state index in [0.717, 1.165) is 18.4 Å². The lowest BCUT2D eigenvalue weighted by molar-refractivity contribution is 0.472. The third-order valence-electron chi connectivity index (χ3n) is 3.44. The highest BCUT2D eigenvalue weighted by molar-refractivity contribution is 7.92. The number of phenolic OH excluding ortho intramolecular Hbond substituents is 1. The van der Waals surface area contributed by atoms with Crippen molar-refractivity contribution in [1.82, 2.24) is 0 Å². The number of aryl methyl sites for hydroxylation is 1. The van der Waals surface area contributed by atoms with Crippen molar-refractivity contribution in [3.05, 3.63) is 23.8 Å².